The molecule has 1 saturated heterocycles. The number of thiol groups is 1. The van der Waals surface area contributed by atoms with Gasteiger partial charge >= 0.3 is 0 Å². The highest BCUT2D eigenvalue weighted by atomic mass is 32.2. The molecule has 1 aliphatic rings. The van der Waals surface area contributed by atoms with Crippen molar-refractivity contribution < 1.29 is 22.9 Å². The van der Waals surface area contributed by atoms with Crippen LogP contribution >= 0.6 is 12.6 Å². The SMILES string of the molecule is C=C(C(=O)N1CCCCC1C(=O)NS(=O)(=O)c1ccc(C)cc1)c1ccc(S)c([N+](=O)[O-])c1. The van der Waals surface area contributed by atoms with E-state index in [1.165, 1.54) is 35.2 Å². The van der Waals surface area contributed by atoms with E-state index in [0.717, 1.165) is 5.56 Å². The Kier molecular flexibility index (Phi) is 7.23. The van der Waals surface area contributed by atoms with Crippen LogP contribution in [0, 0.1) is 17.0 Å². The predicted molar refractivity (Wildman–Crippen MR) is 125 cm³/mol. The number of benzene rings is 2. The van der Waals surface area contributed by atoms with Crippen molar-refractivity contribution in [2.24, 2.45) is 0 Å². The Labute approximate surface area is 197 Å². The molecule has 3 rings (SSSR count). The molecule has 1 unspecified atom stereocenters. The number of piperidine rings is 1. The van der Waals surface area contributed by atoms with Crippen LogP contribution < -0.4 is 4.72 Å². The standard InChI is InChI=1S/C22H23N3O6S2/c1-14-6-9-17(10-7-14)33(30,31)23-21(26)18-5-3-4-12-24(18)22(27)15(2)16-8-11-20(32)19(13-16)25(28)29/h6-11,13,18,32H,2-5,12H2,1H3,(H,23,26). The summed E-state index contributed by atoms with van der Waals surface area (Å²) in [4.78, 5) is 38.0. The Bertz CT molecular complexity index is 1230. The van der Waals surface area contributed by atoms with Gasteiger partial charge in [0, 0.05) is 18.2 Å². The lowest BCUT2D eigenvalue weighted by Gasteiger charge is -2.35. The predicted octanol–water partition coefficient (Wildman–Crippen LogP) is 3.09. The molecule has 2 amide bonds. The smallest absolute Gasteiger partial charge is 0.283 e. The van der Waals surface area contributed by atoms with Gasteiger partial charge in [0.05, 0.1) is 14.7 Å². The molecule has 0 aliphatic carbocycles. The highest BCUT2D eigenvalue weighted by Gasteiger charge is 2.35. The number of likely N-dealkylation sites (tertiary alicyclic amines) is 1. The van der Waals surface area contributed by atoms with E-state index in [1.807, 2.05) is 6.92 Å². The molecule has 2 aromatic rings. The Balaban J connectivity index is 1.82. The van der Waals surface area contributed by atoms with Gasteiger partial charge < -0.3 is 4.90 Å². The first-order valence-corrected chi connectivity index (χ1v) is 12.1. The topological polar surface area (TPSA) is 127 Å². The van der Waals surface area contributed by atoms with E-state index in [9.17, 15) is 28.1 Å². The maximum absolute atomic E-state index is 13.2. The molecule has 0 spiro atoms. The molecule has 11 heteroatoms. The van der Waals surface area contributed by atoms with Crippen LogP contribution in [0.1, 0.15) is 30.4 Å². The first-order chi connectivity index (χ1) is 15.5. The van der Waals surface area contributed by atoms with E-state index in [4.69, 9.17) is 0 Å². The van der Waals surface area contributed by atoms with Crippen molar-refractivity contribution in [1.29, 1.82) is 0 Å². The van der Waals surface area contributed by atoms with Crippen LogP contribution in [0.15, 0.2) is 58.8 Å². The van der Waals surface area contributed by atoms with Gasteiger partial charge in [0.1, 0.15) is 6.04 Å². The molecule has 1 heterocycles. The molecule has 33 heavy (non-hydrogen) atoms. The monoisotopic (exact) mass is 489 g/mol. The second-order valence-corrected chi connectivity index (χ2v) is 9.90. The Morgan fingerprint density at radius 1 is 1.18 bits per heavy atom. The quantitative estimate of drug-likeness (QED) is 0.278. The first kappa shape index (κ1) is 24.5. The normalized spacial score (nSPS) is 16.2. The number of nitro benzene ring substituents is 1. The van der Waals surface area contributed by atoms with Crippen molar-refractivity contribution in [3.05, 3.63) is 70.3 Å². The molecule has 1 N–H and O–H groups in total. The minimum absolute atomic E-state index is 0.0347. The highest BCUT2D eigenvalue weighted by molar-refractivity contribution is 7.90. The molecule has 174 valence electrons. The summed E-state index contributed by atoms with van der Waals surface area (Å²) in [5.74, 6) is -1.41. The molecular weight excluding hydrogens is 466 g/mol. The molecule has 0 radical (unpaired) electrons. The van der Waals surface area contributed by atoms with Gasteiger partial charge in [0.2, 0.25) is 0 Å². The number of rotatable bonds is 6. The summed E-state index contributed by atoms with van der Waals surface area (Å²) in [5, 5.41) is 11.2. The van der Waals surface area contributed by atoms with Crippen LogP contribution in [0.5, 0.6) is 0 Å². The van der Waals surface area contributed by atoms with Crippen LogP contribution in [0.2, 0.25) is 0 Å². The first-order valence-electron chi connectivity index (χ1n) is 10.1. The highest BCUT2D eigenvalue weighted by Crippen LogP contribution is 2.29. The van der Waals surface area contributed by atoms with Crippen LogP contribution in [-0.2, 0) is 19.6 Å². The summed E-state index contributed by atoms with van der Waals surface area (Å²) in [6, 6.07) is 9.10. The van der Waals surface area contributed by atoms with Gasteiger partial charge in [-0.2, -0.15) is 0 Å². The number of aryl methyl sites for hydroxylation is 1. The van der Waals surface area contributed by atoms with Crippen molar-refractivity contribution >= 4 is 45.7 Å². The third-order valence-corrected chi connectivity index (χ3v) is 7.15. The van der Waals surface area contributed by atoms with Crippen LogP contribution in [0.3, 0.4) is 0 Å². The molecule has 0 saturated carbocycles. The van der Waals surface area contributed by atoms with E-state index in [0.29, 0.717) is 12.8 Å². The number of nitrogens with one attached hydrogen (secondary N) is 1. The van der Waals surface area contributed by atoms with Crippen molar-refractivity contribution in [3.63, 3.8) is 0 Å². The number of hydrogen-bond donors (Lipinski definition) is 2. The summed E-state index contributed by atoms with van der Waals surface area (Å²) in [7, 11) is -4.11. The maximum Gasteiger partial charge on any atom is 0.283 e. The summed E-state index contributed by atoms with van der Waals surface area (Å²) in [6.07, 6.45) is 1.55. The molecule has 1 fully saturated rings. The molecule has 0 aromatic heterocycles. The lowest BCUT2D eigenvalue weighted by atomic mass is 9.98. The zero-order valence-electron chi connectivity index (χ0n) is 17.9. The average Bonchev–Trinajstić information content (AvgIpc) is 2.78. The summed E-state index contributed by atoms with van der Waals surface area (Å²) in [5.41, 5.74) is 0.782. The Hall–Kier alpha value is -3.18. The fraction of sp³-hybridized carbons (Fsp3) is 0.273. The fourth-order valence-electron chi connectivity index (χ4n) is 3.58. The van der Waals surface area contributed by atoms with Crippen LogP contribution in [0.25, 0.3) is 5.57 Å². The minimum atomic E-state index is -4.11. The maximum atomic E-state index is 13.2. The van der Waals surface area contributed by atoms with E-state index < -0.39 is 32.8 Å². The molecule has 0 bridgehead atoms. The van der Waals surface area contributed by atoms with Crippen molar-refractivity contribution in [2.75, 3.05) is 6.54 Å². The van der Waals surface area contributed by atoms with E-state index in [1.54, 1.807) is 12.1 Å². The Morgan fingerprint density at radius 3 is 2.48 bits per heavy atom. The van der Waals surface area contributed by atoms with Gasteiger partial charge in [-0.05, 0) is 49.9 Å². The van der Waals surface area contributed by atoms with Gasteiger partial charge in [-0.15, -0.1) is 12.6 Å². The second-order valence-electron chi connectivity index (χ2n) is 7.73. The van der Waals surface area contributed by atoms with Crippen molar-refractivity contribution in [1.82, 2.24) is 9.62 Å². The minimum Gasteiger partial charge on any atom is -0.327 e. The van der Waals surface area contributed by atoms with Crippen molar-refractivity contribution in [3.8, 4) is 0 Å². The lowest BCUT2D eigenvalue weighted by molar-refractivity contribution is -0.387. The fourth-order valence-corrected chi connectivity index (χ4v) is 4.81. The molecule has 9 nitrogen and oxygen atoms in total. The number of hydrogen-bond acceptors (Lipinski definition) is 7. The molecule has 2 aromatic carbocycles. The van der Waals surface area contributed by atoms with Crippen molar-refractivity contribution in [2.45, 2.75) is 42.0 Å². The molecule has 1 aliphatic heterocycles. The summed E-state index contributed by atoms with van der Waals surface area (Å²) in [6.45, 7) is 5.81. The number of sulfonamides is 1. The number of carbonyl (C=O) groups is 2. The van der Waals surface area contributed by atoms with Gasteiger partial charge in [0.25, 0.3) is 27.5 Å². The van der Waals surface area contributed by atoms with Gasteiger partial charge in [-0.25, -0.2) is 13.1 Å². The average molecular weight is 490 g/mol. The third kappa shape index (κ3) is 5.42. The van der Waals surface area contributed by atoms with Gasteiger partial charge in [0.15, 0.2) is 0 Å². The third-order valence-electron chi connectivity index (χ3n) is 5.41. The number of amides is 2. The summed E-state index contributed by atoms with van der Waals surface area (Å²) >= 11 is 4.05. The number of nitrogens with zero attached hydrogens (tertiary/aromatic N) is 2. The zero-order valence-corrected chi connectivity index (χ0v) is 19.6. The molecular formula is C22H23N3O6S2. The lowest BCUT2D eigenvalue weighted by Crippen LogP contribution is -2.53. The van der Waals surface area contributed by atoms with Gasteiger partial charge in [-0.3, -0.25) is 19.7 Å². The second kappa shape index (κ2) is 9.75. The Morgan fingerprint density at radius 2 is 1.85 bits per heavy atom. The largest absolute Gasteiger partial charge is 0.327 e. The van der Waals surface area contributed by atoms with Crippen LogP contribution in [-0.4, -0.2) is 42.6 Å². The van der Waals surface area contributed by atoms with Crippen LogP contribution in [0.4, 0.5) is 5.69 Å². The number of nitro groups is 1. The van der Waals surface area contributed by atoms with E-state index in [-0.39, 0.29) is 39.6 Å². The van der Waals surface area contributed by atoms with E-state index >= 15 is 0 Å². The summed E-state index contributed by atoms with van der Waals surface area (Å²) < 4.78 is 27.3. The molecule has 1 atom stereocenters. The number of carbonyl (C=O) groups excluding carboxylic acids is 2. The van der Waals surface area contributed by atoms with E-state index in [2.05, 4.69) is 23.9 Å². The zero-order chi connectivity index (χ0) is 24.3. The van der Waals surface area contributed by atoms with Gasteiger partial charge in [-0.1, -0.05) is 30.3 Å².